The van der Waals surface area contributed by atoms with Gasteiger partial charge in [-0.05, 0) is 17.7 Å². The summed E-state index contributed by atoms with van der Waals surface area (Å²) in [5.41, 5.74) is 1.72. The molecule has 1 amide bonds. The predicted molar refractivity (Wildman–Crippen MR) is 75.1 cm³/mol. The minimum Gasteiger partial charge on any atom is -0.606 e. The van der Waals surface area contributed by atoms with E-state index in [1.54, 1.807) is 0 Å². The molecular weight excluding hydrogens is 254 g/mol. The average molecular weight is 269 g/mol. The van der Waals surface area contributed by atoms with Gasteiger partial charge in [0.15, 0.2) is 6.54 Å². The van der Waals surface area contributed by atoms with Crippen molar-refractivity contribution in [1.82, 2.24) is 5.01 Å². The zero-order valence-electron chi connectivity index (χ0n) is 10.9. The molecular formula is C15H15N3O2. The SMILES string of the molecule is O=C1C[NH+]([O-])N(c2ccccc2)N1Cc1ccccc1. The van der Waals surface area contributed by atoms with Gasteiger partial charge in [-0.2, -0.15) is 5.01 Å². The second-order valence-electron chi connectivity index (χ2n) is 4.65. The van der Waals surface area contributed by atoms with Crippen molar-refractivity contribution < 1.29 is 9.97 Å². The summed E-state index contributed by atoms with van der Waals surface area (Å²) in [7, 11) is 0. The van der Waals surface area contributed by atoms with Gasteiger partial charge >= 0.3 is 5.91 Å². The molecule has 1 unspecified atom stereocenters. The highest BCUT2D eigenvalue weighted by molar-refractivity contribution is 5.80. The fraction of sp³-hybridized carbons (Fsp3) is 0.133. The smallest absolute Gasteiger partial charge is 0.303 e. The molecule has 0 bridgehead atoms. The monoisotopic (exact) mass is 269 g/mol. The van der Waals surface area contributed by atoms with Crippen molar-refractivity contribution >= 4 is 11.6 Å². The zero-order chi connectivity index (χ0) is 13.9. The summed E-state index contributed by atoms with van der Waals surface area (Å²) < 4.78 is 0. The summed E-state index contributed by atoms with van der Waals surface area (Å²) in [5.74, 6) is -0.164. The number of amides is 1. The van der Waals surface area contributed by atoms with Gasteiger partial charge in [0.05, 0.1) is 6.54 Å². The van der Waals surface area contributed by atoms with Crippen LogP contribution in [0.3, 0.4) is 0 Å². The minimum atomic E-state index is -0.183. The van der Waals surface area contributed by atoms with Gasteiger partial charge in [-0.1, -0.05) is 48.5 Å². The summed E-state index contributed by atoms with van der Waals surface area (Å²) in [6.45, 7) is 0.335. The molecule has 1 heterocycles. The molecule has 1 atom stereocenters. The Morgan fingerprint density at radius 2 is 1.60 bits per heavy atom. The van der Waals surface area contributed by atoms with Gasteiger partial charge in [0.2, 0.25) is 0 Å². The van der Waals surface area contributed by atoms with Crippen LogP contribution >= 0.6 is 0 Å². The number of nitrogens with one attached hydrogen (secondary N) is 1. The van der Waals surface area contributed by atoms with Crippen LogP contribution in [0.25, 0.3) is 0 Å². The van der Waals surface area contributed by atoms with Gasteiger partial charge in [0, 0.05) is 0 Å². The van der Waals surface area contributed by atoms with Crippen LogP contribution in [-0.2, 0) is 11.3 Å². The molecule has 5 heteroatoms. The molecule has 0 aliphatic carbocycles. The third-order valence-electron chi connectivity index (χ3n) is 3.24. The molecule has 0 aromatic heterocycles. The summed E-state index contributed by atoms with van der Waals surface area (Å²) in [4.78, 5) is 12.0. The van der Waals surface area contributed by atoms with Crippen LogP contribution in [0.5, 0.6) is 0 Å². The van der Waals surface area contributed by atoms with Gasteiger partial charge in [-0.15, -0.1) is 5.12 Å². The first kappa shape index (κ1) is 12.7. The quantitative estimate of drug-likeness (QED) is 0.837. The number of hydrogen-bond acceptors (Lipinski definition) is 3. The molecule has 0 spiro atoms. The summed E-state index contributed by atoms with van der Waals surface area (Å²) in [6.07, 6.45) is 0. The van der Waals surface area contributed by atoms with Gasteiger partial charge in [0.25, 0.3) is 0 Å². The van der Waals surface area contributed by atoms with E-state index in [0.717, 1.165) is 11.3 Å². The molecule has 2 aromatic carbocycles. The summed E-state index contributed by atoms with van der Waals surface area (Å²) >= 11 is 0. The summed E-state index contributed by atoms with van der Waals surface area (Å²) in [6, 6.07) is 18.9. The molecule has 1 N–H and O–H groups in total. The number of para-hydroxylation sites is 1. The largest absolute Gasteiger partial charge is 0.606 e. The maximum Gasteiger partial charge on any atom is 0.303 e. The number of nitrogens with zero attached hydrogens (tertiary/aromatic N) is 2. The highest BCUT2D eigenvalue weighted by Crippen LogP contribution is 2.16. The number of rotatable bonds is 3. The number of quaternary nitrogens is 1. The first-order valence-corrected chi connectivity index (χ1v) is 6.48. The number of benzene rings is 2. The lowest BCUT2D eigenvalue weighted by molar-refractivity contribution is -0.849. The maximum absolute atomic E-state index is 12.0. The van der Waals surface area contributed by atoms with Crippen molar-refractivity contribution in [2.45, 2.75) is 6.54 Å². The molecule has 102 valence electrons. The van der Waals surface area contributed by atoms with E-state index in [1.165, 1.54) is 10.1 Å². The lowest BCUT2D eigenvalue weighted by Gasteiger charge is -2.32. The highest BCUT2D eigenvalue weighted by atomic mass is 16.6. The maximum atomic E-state index is 12.0. The van der Waals surface area contributed by atoms with Crippen molar-refractivity contribution in [1.29, 1.82) is 0 Å². The van der Waals surface area contributed by atoms with Gasteiger partial charge in [-0.3, -0.25) is 4.79 Å². The molecule has 1 aliphatic heterocycles. The molecule has 2 aromatic rings. The molecule has 0 radical (unpaired) electrons. The molecule has 5 nitrogen and oxygen atoms in total. The number of hydrogen-bond donors (Lipinski definition) is 1. The van der Waals surface area contributed by atoms with Crippen molar-refractivity contribution in [3.05, 3.63) is 71.4 Å². The standard InChI is InChI=1S/C15H15N3O2/c19-15-12-17(20)18(14-9-5-2-6-10-14)16(15)11-13-7-3-1-4-8-13/h1-10,17H,11-12H2. The van der Waals surface area contributed by atoms with Crippen LogP contribution in [0.15, 0.2) is 60.7 Å². The molecule has 3 rings (SSSR count). The molecule has 20 heavy (non-hydrogen) atoms. The van der Waals surface area contributed by atoms with Crippen molar-refractivity contribution in [3.8, 4) is 0 Å². The van der Waals surface area contributed by atoms with Gasteiger partial charge in [-0.25, -0.2) is 5.17 Å². The fourth-order valence-corrected chi connectivity index (χ4v) is 2.31. The van der Waals surface area contributed by atoms with E-state index in [0.29, 0.717) is 6.54 Å². The van der Waals surface area contributed by atoms with E-state index in [2.05, 4.69) is 0 Å². The minimum absolute atomic E-state index is 0.0677. The Balaban J connectivity index is 1.89. The number of anilines is 1. The third kappa shape index (κ3) is 2.36. The van der Waals surface area contributed by atoms with Crippen LogP contribution in [0.2, 0.25) is 0 Å². The highest BCUT2D eigenvalue weighted by Gasteiger charge is 2.36. The number of carbonyl (C=O) groups excluding carboxylic acids is 1. The van der Waals surface area contributed by atoms with Gasteiger partial charge < -0.3 is 5.21 Å². The Hall–Kier alpha value is -2.37. The van der Waals surface area contributed by atoms with Crippen molar-refractivity contribution in [2.75, 3.05) is 11.7 Å². The second-order valence-corrected chi connectivity index (χ2v) is 4.65. The fourth-order valence-electron chi connectivity index (χ4n) is 2.31. The Morgan fingerprint density at radius 3 is 2.25 bits per heavy atom. The lowest BCUT2D eigenvalue weighted by atomic mass is 10.2. The van der Waals surface area contributed by atoms with Crippen LogP contribution < -0.4 is 10.3 Å². The van der Waals surface area contributed by atoms with Crippen molar-refractivity contribution in [2.24, 2.45) is 0 Å². The first-order chi connectivity index (χ1) is 9.75. The molecule has 1 saturated heterocycles. The normalized spacial score (nSPS) is 18.6. The Bertz CT molecular complexity index is 589. The van der Waals surface area contributed by atoms with Crippen molar-refractivity contribution in [3.63, 3.8) is 0 Å². The Morgan fingerprint density at radius 1 is 1.00 bits per heavy atom. The van der Waals surface area contributed by atoms with E-state index in [4.69, 9.17) is 0 Å². The topological polar surface area (TPSA) is 51.1 Å². The molecule has 0 saturated carbocycles. The predicted octanol–water partition coefficient (Wildman–Crippen LogP) is 0.748. The molecule has 1 aliphatic rings. The van der Waals surface area contributed by atoms with Crippen LogP contribution in [0, 0.1) is 5.21 Å². The number of carbonyl (C=O) groups is 1. The number of hydrazine groups is 1. The van der Waals surface area contributed by atoms with E-state index in [1.807, 2.05) is 60.7 Å². The number of hydroxylamine groups is 1. The third-order valence-corrected chi connectivity index (χ3v) is 3.24. The van der Waals surface area contributed by atoms with E-state index >= 15 is 0 Å². The van der Waals surface area contributed by atoms with E-state index < -0.39 is 0 Å². The second kappa shape index (κ2) is 5.32. The molecule has 1 fully saturated rings. The van der Waals surface area contributed by atoms with Gasteiger partial charge in [0.1, 0.15) is 5.69 Å². The van der Waals surface area contributed by atoms with Crippen LogP contribution in [-0.4, -0.2) is 17.5 Å². The van der Waals surface area contributed by atoms with Crippen LogP contribution in [0.4, 0.5) is 5.69 Å². The van der Waals surface area contributed by atoms with E-state index in [9.17, 15) is 10.0 Å². The van der Waals surface area contributed by atoms with Crippen LogP contribution in [0.1, 0.15) is 5.56 Å². The first-order valence-electron chi connectivity index (χ1n) is 6.48. The zero-order valence-corrected chi connectivity index (χ0v) is 10.9. The Labute approximate surface area is 117 Å². The lowest BCUT2D eigenvalue weighted by Crippen LogP contribution is -3.13. The van der Waals surface area contributed by atoms with E-state index in [-0.39, 0.29) is 17.6 Å². The summed E-state index contributed by atoms with van der Waals surface area (Å²) in [5, 5.41) is 14.8. The average Bonchev–Trinajstić information content (AvgIpc) is 2.75. The Kier molecular flexibility index (Phi) is 3.37.